The topological polar surface area (TPSA) is 69.6 Å². The van der Waals surface area contributed by atoms with Gasteiger partial charge in [-0.3, -0.25) is 10.2 Å². The van der Waals surface area contributed by atoms with Gasteiger partial charge in [0.25, 0.3) is 0 Å². The zero-order valence-electron chi connectivity index (χ0n) is 7.71. The second kappa shape index (κ2) is 3.53. The van der Waals surface area contributed by atoms with Crippen LogP contribution in [0.5, 0.6) is 0 Å². The van der Waals surface area contributed by atoms with Gasteiger partial charge in [-0.15, -0.1) is 0 Å². The summed E-state index contributed by atoms with van der Waals surface area (Å²) in [7, 11) is 1.61. The lowest BCUT2D eigenvalue weighted by molar-refractivity contribution is -0.153. The first kappa shape index (κ1) is 10.9. The zero-order chi connectivity index (χ0) is 9.94. The van der Waals surface area contributed by atoms with Gasteiger partial charge in [-0.2, -0.15) is 0 Å². The number of amides is 1. The summed E-state index contributed by atoms with van der Waals surface area (Å²) in [6, 6.07) is 0. The molecule has 0 radical (unpaired) electrons. The Labute approximate surface area is 71.3 Å². The number of hydrogen-bond acceptors (Lipinski definition) is 3. The first-order valence-electron chi connectivity index (χ1n) is 3.53. The fourth-order valence-corrected chi connectivity index (χ4v) is 0.368. The van der Waals surface area contributed by atoms with Crippen molar-refractivity contribution in [2.75, 3.05) is 7.05 Å². The van der Waals surface area contributed by atoms with E-state index in [-0.39, 0.29) is 5.54 Å². The molecule has 0 spiro atoms. The van der Waals surface area contributed by atoms with E-state index in [1.165, 1.54) is 5.01 Å². The van der Waals surface area contributed by atoms with E-state index in [1.807, 2.05) is 20.8 Å². The van der Waals surface area contributed by atoms with Crippen molar-refractivity contribution < 1.29 is 14.7 Å². The van der Waals surface area contributed by atoms with Crippen molar-refractivity contribution in [3.8, 4) is 0 Å². The summed E-state index contributed by atoms with van der Waals surface area (Å²) in [6.45, 7) is 5.57. The molecule has 5 nitrogen and oxygen atoms in total. The average Bonchev–Trinajstić information content (AvgIpc) is 1.85. The smallest absolute Gasteiger partial charge is 0.395 e. The molecule has 0 aromatic heterocycles. The Bertz CT molecular complexity index is 195. The van der Waals surface area contributed by atoms with Gasteiger partial charge in [0, 0.05) is 12.6 Å². The van der Waals surface area contributed by atoms with Gasteiger partial charge >= 0.3 is 11.9 Å². The van der Waals surface area contributed by atoms with E-state index in [0.717, 1.165) is 0 Å². The molecule has 12 heavy (non-hydrogen) atoms. The Kier molecular flexibility index (Phi) is 3.21. The molecule has 0 aliphatic carbocycles. The lowest BCUT2D eigenvalue weighted by Crippen LogP contribution is -2.51. The van der Waals surface area contributed by atoms with Crippen LogP contribution in [-0.4, -0.2) is 34.6 Å². The molecular formula is C7H14N2O3. The van der Waals surface area contributed by atoms with Gasteiger partial charge in [0.2, 0.25) is 0 Å². The van der Waals surface area contributed by atoms with Crippen LogP contribution in [-0.2, 0) is 9.59 Å². The number of carboxylic acid groups (broad SMARTS) is 1. The number of carbonyl (C=O) groups is 2. The number of aliphatic carboxylic acids is 1. The summed E-state index contributed by atoms with van der Waals surface area (Å²) >= 11 is 0. The molecule has 0 aromatic carbocycles. The molecule has 0 rings (SSSR count). The van der Waals surface area contributed by atoms with Crippen LogP contribution in [0.2, 0.25) is 0 Å². The molecule has 0 bridgehead atoms. The Hall–Kier alpha value is -1.10. The highest BCUT2D eigenvalue weighted by molar-refractivity contribution is 6.31. The summed E-state index contributed by atoms with van der Waals surface area (Å²) in [4.78, 5) is 20.8. The molecule has 70 valence electrons. The molecule has 5 heteroatoms. The number of carbonyl (C=O) groups excluding carboxylic acids is 1. The van der Waals surface area contributed by atoms with Gasteiger partial charge in [0.05, 0.1) is 0 Å². The average molecular weight is 174 g/mol. The normalized spacial score (nSPS) is 11.4. The first-order chi connectivity index (χ1) is 5.25. The standard InChI is InChI=1S/C7H14N2O3/c1-7(2,3)9(4)8-5(10)6(11)12/h1-4H3,(H,8,10)(H,11,12). The number of carboxylic acids is 1. The third-order valence-electron chi connectivity index (χ3n) is 1.47. The lowest BCUT2D eigenvalue weighted by atomic mass is 10.1. The largest absolute Gasteiger partial charge is 0.474 e. The number of nitrogens with zero attached hydrogens (tertiary/aromatic N) is 1. The Balaban J connectivity index is 4.11. The number of rotatable bonds is 1. The monoisotopic (exact) mass is 174 g/mol. The van der Waals surface area contributed by atoms with Crippen molar-refractivity contribution in [1.82, 2.24) is 10.4 Å². The predicted octanol–water partition coefficient (Wildman–Crippen LogP) is -0.168. The minimum atomic E-state index is -1.48. The van der Waals surface area contributed by atoms with E-state index in [0.29, 0.717) is 0 Å². The van der Waals surface area contributed by atoms with Gasteiger partial charge in [-0.1, -0.05) is 0 Å². The molecule has 0 fully saturated rings. The number of hydrogen-bond donors (Lipinski definition) is 2. The summed E-state index contributed by atoms with van der Waals surface area (Å²) in [6.07, 6.45) is 0. The molecule has 0 aromatic rings. The Morgan fingerprint density at radius 1 is 1.33 bits per heavy atom. The maximum absolute atomic E-state index is 10.6. The van der Waals surface area contributed by atoms with E-state index >= 15 is 0 Å². The van der Waals surface area contributed by atoms with Crippen molar-refractivity contribution >= 4 is 11.9 Å². The summed E-state index contributed by atoms with van der Waals surface area (Å²) in [5.74, 6) is -2.50. The van der Waals surface area contributed by atoms with E-state index < -0.39 is 11.9 Å². The van der Waals surface area contributed by atoms with E-state index in [2.05, 4.69) is 5.43 Å². The van der Waals surface area contributed by atoms with Crippen LogP contribution < -0.4 is 5.43 Å². The molecule has 0 saturated heterocycles. The highest BCUT2D eigenvalue weighted by Crippen LogP contribution is 2.06. The van der Waals surface area contributed by atoms with Crippen LogP contribution in [0.15, 0.2) is 0 Å². The second-order valence-electron chi connectivity index (χ2n) is 3.48. The van der Waals surface area contributed by atoms with Crippen molar-refractivity contribution in [2.45, 2.75) is 26.3 Å². The quantitative estimate of drug-likeness (QED) is 0.428. The molecule has 1 amide bonds. The van der Waals surface area contributed by atoms with Gasteiger partial charge in [0.1, 0.15) is 0 Å². The minimum absolute atomic E-state index is 0.287. The molecule has 0 heterocycles. The maximum Gasteiger partial charge on any atom is 0.395 e. The predicted molar refractivity (Wildman–Crippen MR) is 43.3 cm³/mol. The van der Waals surface area contributed by atoms with Gasteiger partial charge in [0.15, 0.2) is 0 Å². The molecule has 2 N–H and O–H groups in total. The Morgan fingerprint density at radius 3 is 2.00 bits per heavy atom. The van der Waals surface area contributed by atoms with E-state index in [1.54, 1.807) is 7.05 Å². The molecular weight excluding hydrogens is 160 g/mol. The highest BCUT2D eigenvalue weighted by atomic mass is 16.4. The molecule has 0 atom stereocenters. The summed E-state index contributed by atoms with van der Waals surface area (Å²) in [5.41, 5.74) is 1.93. The molecule has 0 aliphatic rings. The van der Waals surface area contributed by atoms with Crippen LogP contribution in [0.1, 0.15) is 20.8 Å². The summed E-state index contributed by atoms with van der Waals surface area (Å²) in [5, 5.41) is 9.71. The number of nitrogens with one attached hydrogen (secondary N) is 1. The highest BCUT2D eigenvalue weighted by Gasteiger charge is 2.21. The fraction of sp³-hybridized carbons (Fsp3) is 0.714. The van der Waals surface area contributed by atoms with Crippen molar-refractivity contribution in [1.29, 1.82) is 0 Å². The van der Waals surface area contributed by atoms with Crippen LogP contribution in [0, 0.1) is 0 Å². The molecule has 0 saturated carbocycles. The molecule has 0 unspecified atom stereocenters. The third kappa shape index (κ3) is 3.34. The van der Waals surface area contributed by atoms with Gasteiger partial charge in [-0.25, -0.2) is 9.80 Å². The van der Waals surface area contributed by atoms with E-state index in [4.69, 9.17) is 5.11 Å². The van der Waals surface area contributed by atoms with Gasteiger partial charge in [-0.05, 0) is 20.8 Å². The first-order valence-corrected chi connectivity index (χ1v) is 3.53. The third-order valence-corrected chi connectivity index (χ3v) is 1.47. The van der Waals surface area contributed by atoms with Crippen molar-refractivity contribution in [2.24, 2.45) is 0 Å². The van der Waals surface area contributed by atoms with Crippen LogP contribution in [0.3, 0.4) is 0 Å². The summed E-state index contributed by atoms with van der Waals surface area (Å²) < 4.78 is 0. The Morgan fingerprint density at radius 2 is 1.75 bits per heavy atom. The van der Waals surface area contributed by atoms with Gasteiger partial charge < -0.3 is 5.11 Å². The SMILES string of the molecule is CN(NC(=O)C(=O)O)C(C)(C)C. The van der Waals surface area contributed by atoms with Crippen molar-refractivity contribution in [3.63, 3.8) is 0 Å². The van der Waals surface area contributed by atoms with E-state index in [9.17, 15) is 9.59 Å². The second-order valence-corrected chi connectivity index (χ2v) is 3.48. The van der Waals surface area contributed by atoms with Crippen LogP contribution >= 0.6 is 0 Å². The minimum Gasteiger partial charge on any atom is -0.474 e. The maximum atomic E-state index is 10.6. The molecule has 0 aliphatic heterocycles. The lowest BCUT2D eigenvalue weighted by Gasteiger charge is -2.31. The van der Waals surface area contributed by atoms with Crippen molar-refractivity contribution in [3.05, 3.63) is 0 Å². The van der Waals surface area contributed by atoms with Crippen LogP contribution in [0.25, 0.3) is 0 Å². The number of hydrazine groups is 1. The fourth-order valence-electron chi connectivity index (χ4n) is 0.368. The van der Waals surface area contributed by atoms with Crippen LogP contribution in [0.4, 0.5) is 0 Å². The zero-order valence-corrected chi connectivity index (χ0v) is 7.71.